The molecule has 1 N–H and O–H groups in total. The van der Waals surface area contributed by atoms with Gasteiger partial charge in [0, 0.05) is 11.5 Å². The number of aliphatic carboxylic acids is 1. The largest absolute Gasteiger partial charge is 0.475 e. The number of carboxylic acid groups (broad SMARTS) is 1. The summed E-state index contributed by atoms with van der Waals surface area (Å²) >= 11 is 0. The molecule has 3 rings (SSSR count). The number of esters is 1. The van der Waals surface area contributed by atoms with Crippen LogP contribution in [0.4, 0.5) is 0 Å². The predicted octanol–water partition coefficient (Wildman–Crippen LogP) is 3.52. The van der Waals surface area contributed by atoms with Gasteiger partial charge in [-0.1, -0.05) is 50.1 Å². The van der Waals surface area contributed by atoms with Crippen LogP contribution < -0.4 is 4.74 Å². The Morgan fingerprint density at radius 2 is 1.74 bits per heavy atom. The third-order valence-electron chi connectivity index (χ3n) is 5.11. The first kappa shape index (κ1) is 21.6. The van der Waals surface area contributed by atoms with E-state index in [1.165, 1.54) is 0 Å². The van der Waals surface area contributed by atoms with E-state index in [1.807, 2.05) is 30.2 Å². The summed E-state index contributed by atoms with van der Waals surface area (Å²) in [5.41, 5.74) is -0.146. The fourth-order valence-corrected chi connectivity index (χ4v) is 3.27. The molecule has 0 aliphatic heterocycles. The third kappa shape index (κ3) is 4.91. The summed E-state index contributed by atoms with van der Waals surface area (Å²) in [6.07, 6.45) is -1.16. The fourth-order valence-electron chi connectivity index (χ4n) is 3.27. The van der Waals surface area contributed by atoms with Gasteiger partial charge in [-0.15, -0.1) is 0 Å². The van der Waals surface area contributed by atoms with E-state index in [4.69, 9.17) is 14.6 Å². The van der Waals surface area contributed by atoms with Crippen LogP contribution in [-0.4, -0.2) is 22.8 Å². The number of nitrogens with zero attached hydrogens (tertiary/aromatic N) is 1. The molecule has 1 aliphatic rings. The first-order valence-electron chi connectivity index (χ1n) is 9.46. The molecule has 0 radical (unpaired) electrons. The molecule has 7 heteroatoms. The second-order valence-electron chi connectivity index (χ2n) is 7.61. The van der Waals surface area contributed by atoms with Crippen molar-refractivity contribution >= 4 is 17.7 Å². The van der Waals surface area contributed by atoms with Crippen LogP contribution in [0.3, 0.4) is 0 Å². The van der Waals surface area contributed by atoms with E-state index in [-0.39, 0.29) is 0 Å². The fraction of sp³-hybridized carbons (Fsp3) is 0.250. The highest BCUT2D eigenvalue weighted by Gasteiger charge is 2.62. The molecule has 0 spiro atoms. The van der Waals surface area contributed by atoms with Gasteiger partial charge in [0.05, 0.1) is 5.92 Å². The predicted molar refractivity (Wildman–Crippen MR) is 109 cm³/mol. The Balaban J connectivity index is 1.71. The lowest BCUT2D eigenvalue weighted by molar-refractivity contribution is -0.149. The van der Waals surface area contributed by atoms with E-state index in [0.717, 1.165) is 0 Å². The average Bonchev–Trinajstić information content (AvgIpc) is 3.31. The number of carboxylic acids is 1. The van der Waals surface area contributed by atoms with Crippen LogP contribution in [0.1, 0.15) is 25.5 Å². The number of benzene rings is 2. The number of carbonyl (C=O) groups is 3. The monoisotopic (exact) mass is 417 g/mol. The quantitative estimate of drug-likeness (QED) is 0.331. The number of rotatable bonds is 6. The number of ketones is 1. The highest BCUT2D eigenvalue weighted by Crippen LogP contribution is 2.58. The minimum Gasteiger partial charge on any atom is -0.475 e. The van der Waals surface area contributed by atoms with Gasteiger partial charge in [0.2, 0.25) is 6.10 Å². The Hall–Kier alpha value is -4.10. The minimum absolute atomic E-state index is 0.450. The molecule has 0 amide bonds. The number of nitriles is 1. The maximum absolute atomic E-state index is 12.7. The zero-order valence-electron chi connectivity index (χ0n) is 16.9. The molecular weight excluding hydrogens is 398 g/mol. The van der Waals surface area contributed by atoms with Crippen molar-refractivity contribution in [1.29, 1.82) is 5.26 Å². The van der Waals surface area contributed by atoms with E-state index in [2.05, 4.69) is 5.92 Å². The van der Waals surface area contributed by atoms with E-state index in [0.29, 0.717) is 17.1 Å². The lowest BCUT2D eigenvalue weighted by atomic mass is 10.1. The summed E-state index contributed by atoms with van der Waals surface area (Å²) in [5.74, 6) is 0.983. The third-order valence-corrected chi connectivity index (χ3v) is 5.11. The highest BCUT2D eigenvalue weighted by molar-refractivity contribution is 6.40. The van der Waals surface area contributed by atoms with Crippen molar-refractivity contribution in [3.63, 3.8) is 0 Å². The van der Waals surface area contributed by atoms with Crippen molar-refractivity contribution in [3.8, 4) is 29.4 Å². The summed E-state index contributed by atoms with van der Waals surface area (Å²) in [6, 6.07) is 17.8. The van der Waals surface area contributed by atoms with E-state index < -0.39 is 41.1 Å². The smallest absolute Gasteiger partial charge is 0.385 e. The Bertz CT molecular complexity index is 1120. The molecule has 1 fully saturated rings. The van der Waals surface area contributed by atoms with Gasteiger partial charge in [0.25, 0.3) is 0 Å². The number of carbonyl (C=O) groups excluding carboxylic acids is 2. The number of hydrogen-bond acceptors (Lipinski definition) is 6. The van der Waals surface area contributed by atoms with Gasteiger partial charge in [0.15, 0.2) is 0 Å². The zero-order valence-corrected chi connectivity index (χ0v) is 16.9. The maximum atomic E-state index is 12.7. The number of hydrogen-bond donors (Lipinski definition) is 1. The Morgan fingerprint density at radius 3 is 2.39 bits per heavy atom. The van der Waals surface area contributed by atoms with Gasteiger partial charge in [0.1, 0.15) is 17.6 Å². The SMILES string of the molecule is CC1(C)[C@H](C(=O)O[C@H](C#N)c2cccc(Oc3ccccc3)c2)[C@@H]1C#CC(=O)C(=O)O. The Labute approximate surface area is 179 Å². The van der Waals surface area contributed by atoms with Crippen molar-refractivity contribution in [2.75, 3.05) is 0 Å². The van der Waals surface area contributed by atoms with Crippen LogP contribution in [0.5, 0.6) is 11.5 Å². The Kier molecular flexibility index (Phi) is 6.08. The van der Waals surface area contributed by atoms with Gasteiger partial charge < -0.3 is 14.6 Å². The van der Waals surface area contributed by atoms with Crippen LogP contribution in [0, 0.1) is 40.4 Å². The molecule has 0 saturated heterocycles. The van der Waals surface area contributed by atoms with Crippen LogP contribution in [0.2, 0.25) is 0 Å². The molecule has 1 saturated carbocycles. The summed E-state index contributed by atoms with van der Waals surface area (Å²) in [7, 11) is 0. The molecule has 0 unspecified atom stereocenters. The molecule has 1 aliphatic carbocycles. The van der Waals surface area contributed by atoms with Gasteiger partial charge in [-0.2, -0.15) is 5.26 Å². The molecule has 0 aromatic heterocycles. The topological polar surface area (TPSA) is 114 Å². The molecule has 0 heterocycles. The zero-order chi connectivity index (χ0) is 22.6. The van der Waals surface area contributed by atoms with Gasteiger partial charge >= 0.3 is 17.7 Å². The molecule has 31 heavy (non-hydrogen) atoms. The average molecular weight is 417 g/mol. The summed E-state index contributed by atoms with van der Waals surface area (Å²) < 4.78 is 11.2. The first-order valence-corrected chi connectivity index (χ1v) is 9.46. The van der Waals surface area contributed by atoms with Crippen LogP contribution >= 0.6 is 0 Å². The van der Waals surface area contributed by atoms with Gasteiger partial charge in [-0.05, 0) is 35.6 Å². The molecule has 2 aromatic rings. The number of ether oxygens (including phenoxy) is 2. The van der Waals surface area contributed by atoms with Crippen molar-refractivity contribution < 1.29 is 29.0 Å². The summed E-state index contributed by atoms with van der Waals surface area (Å²) in [6.45, 7) is 3.53. The number of para-hydroxylation sites is 1. The van der Waals surface area contributed by atoms with Crippen molar-refractivity contribution in [2.24, 2.45) is 17.3 Å². The lowest BCUT2D eigenvalue weighted by Gasteiger charge is -2.13. The van der Waals surface area contributed by atoms with Crippen molar-refractivity contribution in [1.82, 2.24) is 0 Å². The molecule has 2 aromatic carbocycles. The molecule has 3 atom stereocenters. The summed E-state index contributed by atoms with van der Waals surface area (Å²) in [5, 5.41) is 18.2. The molecule has 7 nitrogen and oxygen atoms in total. The lowest BCUT2D eigenvalue weighted by Crippen LogP contribution is -2.14. The van der Waals surface area contributed by atoms with Crippen molar-refractivity contribution in [2.45, 2.75) is 20.0 Å². The number of Topliss-reactive ketones (excluding diaryl/α,β-unsaturated/α-hetero) is 1. The minimum atomic E-state index is -1.65. The standard InChI is InChI=1S/C24H19NO6/c1-24(2)18(11-12-19(26)22(27)28)21(24)23(29)31-20(14-25)15-7-6-10-17(13-15)30-16-8-4-3-5-9-16/h3-10,13,18,20-21H,1-2H3,(H,27,28)/t18-,20+,21-/m0/s1. The molecule has 0 bridgehead atoms. The Morgan fingerprint density at radius 1 is 1.06 bits per heavy atom. The van der Waals surface area contributed by atoms with Crippen LogP contribution in [-0.2, 0) is 19.1 Å². The van der Waals surface area contributed by atoms with E-state index in [9.17, 15) is 19.6 Å². The normalized spacial score (nSPS) is 19.0. The summed E-state index contributed by atoms with van der Waals surface area (Å²) in [4.78, 5) is 34.4. The van der Waals surface area contributed by atoms with Crippen molar-refractivity contribution in [3.05, 3.63) is 60.2 Å². The van der Waals surface area contributed by atoms with Crippen LogP contribution in [0.25, 0.3) is 0 Å². The maximum Gasteiger partial charge on any atom is 0.385 e. The van der Waals surface area contributed by atoms with E-state index in [1.54, 1.807) is 50.2 Å². The second kappa shape index (κ2) is 8.73. The van der Waals surface area contributed by atoms with Gasteiger partial charge in [-0.25, -0.2) is 4.79 Å². The first-order chi connectivity index (χ1) is 14.7. The molecule has 156 valence electrons. The second-order valence-corrected chi connectivity index (χ2v) is 7.61. The highest BCUT2D eigenvalue weighted by atomic mass is 16.5. The van der Waals surface area contributed by atoms with Crippen LogP contribution in [0.15, 0.2) is 54.6 Å². The van der Waals surface area contributed by atoms with Gasteiger partial charge in [-0.3, -0.25) is 9.59 Å². The van der Waals surface area contributed by atoms with E-state index >= 15 is 0 Å². The molecular formula is C24H19NO6.